The zero-order valence-electron chi connectivity index (χ0n) is 25.4. The van der Waals surface area contributed by atoms with Crippen LogP contribution in [0.4, 0.5) is 11.4 Å². The molecule has 6 heteroatoms. The number of hydrogen-bond donors (Lipinski definition) is 3. The predicted molar refractivity (Wildman–Crippen MR) is 175 cm³/mol. The highest BCUT2D eigenvalue weighted by molar-refractivity contribution is 6.06. The second-order valence-electron chi connectivity index (χ2n) is 10.8. The summed E-state index contributed by atoms with van der Waals surface area (Å²) in [6.07, 6.45) is 8.14. The molecule has 0 saturated heterocycles. The first-order valence-electron chi connectivity index (χ1n) is 15.2. The molecule has 4 aromatic carbocycles. The molecule has 0 aromatic heterocycles. The van der Waals surface area contributed by atoms with Crippen molar-refractivity contribution in [3.8, 4) is 16.9 Å². The summed E-state index contributed by atoms with van der Waals surface area (Å²) in [5.74, 6) is 0.0875. The van der Waals surface area contributed by atoms with E-state index in [4.69, 9.17) is 4.74 Å². The van der Waals surface area contributed by atoms with Gasteiger partial charge in [0.05, 0.1) is 19.4 Å². The van der Waals surface area contributed by atoms with Gasteiger partial charge in [0.1, 0.15) is 5.75 Å². The van der Waals surface area contributed by atoms with Gasteiger partial charge in [-0.3, -0.25) is 9.59 Å². The zero-order valence-corrected chi connectivity index (χ0v) is 25.4. The van der Waals surface area contributed by atoms with Gasteiger partial charge in [-0.05, 0) is 90.0 Å². The van der Waals surface area contributed by atoms with Crippen LogP contribution in [0.2, 0.25) is 0 Å². The number of nitrogens with one attached hydrogen (secondary N) is 2. The van der Waals surface area contributed by atoms with Crippen LogP contribution < -0.4 is 15.4 Å². The lowest BCUT2D eigenvalue weighted by Gasteiger charge is -2.15. The van der Waals surface area contributed by atoms with Crippen molar-refractivity contribution >= 4 is 23.2 Å². The summed E-state index contributed by atoms with van der Waals surface area (Å²) >= 11 is 0. The number of amides is 2. The first-order valence-corrected chi connectivity index (χ1v) is 15.2. The molecule has 4 aromatic rings. The van der Waals surface area contributed by atoms with E-state index in [-0.39, 0.29) is 18.4 Å². The molecule has 0 radical (unpaired) electrons. The number of carbonyl (C=O) groups is 2. The molecule has 0 aliphatic rings. The van der Waals surface area contributed by atoms with Crippen LogP contribution in [0.1, 0.15) is 83.4 Å². The lowest BCUT2D eigenvalue weighted by molar-refractivity contribution is 0.101. The number of hydrogen-bond acceptors (Lipinski definition) is 4. The van der Waals surface area contributed by atoms with Gasteiger partial charge >= 0.3 is 0 Å². The molecular formula is C37H42N2O4. The topological polar surface area (TPSA) is 87.7 Å². The molecule has 0 heterocycles. The van der Waals surface area contributed by atoms with Gasteiger partial charge in [0.15, 0.2) is 0 Å². The van der Waals surface area contributed by atoms with Gasteiger partial charge in [0, 0.05) is 22.4 Å². The fourth-order valence-electron chi connectivity index (χ4n) is 5.04. The van der Waals surface area contributed by atoms with E-state index in [0.29, 0.717) is 33.8 Å². The summed E-state index contributed by atoms with van der Waals surface area (Å²) in [4.78, 5) is 25.8. The van der Waals surface area contributed by atoms with Crippen molar-refractivity contribution in [3.63, 3.8) is 0 Å². The maximum Gasteiger partial charge on any atom is 0.255 e. The second kappa shape index (κ2) is 15.7. The predicted octanol–water partition coefficient (Wildman–Crippen LogP) is 8.43. The molecule has 0 aliphatic heterocycles. The van der Waals surface area contributed by atoms with E-state index < -0.39 is 0 Å². The van der Waals surface area contributed by atoms with Crippen LogP contribution in [0.3, 0.4) is 0 Å². The SMILES string of the molecule is CCCCCCCc1ccc(C(=O)Nc2ccc(-c3ccc(NC(=O)c4ccc(CC)cc4)c(CO)c3)cc2OC)cc1. The third-order valence-electron chi connectivity index (χ3n) is 7.72. The van der Waals surface area contributed by atoms with Crippen LogP contribution in [0, 0.1) is 0 Å². The minimum absolute atomic E-state index is 0.201. The molecule has 0 aliphatic carbocycles. The molecule has 43 heavy (non-hydrogen) atoms. The highest BCUT2D eigenvalue weighted by Crippen LogP contribution is 2.33. The van der Waals surface area contributed by atoms with Gasteiger partial charge < -0.3 is 20.5 Å². The zero-order chi connectivity index (χ0) is 30.6. The molecule has 224 valence electrons. The first-order chi connectivity index (χ1) is 20.9. The van der Waals surface area contributed by atoms with Crippen LogP contribution >= 0.6 is 0 Å². The third-order valence-corrected chi connectivity index (χ3v) is 7.72. The summed E-state index contributed by atoms with van der Waals surface area (Å²) < 4.78 is 5.61. The normalized spacial score (nSPS) is 10.8. The molecule has 6 nitrogen and oxygen atoms in total. The van der Waals surface area contributed by atoms with E-state index in [9.17, 15) is 14.7 Å². The smallest absolute Gasteiger partial charge is 0.255 e. The van der Waals surface area contributed by atoms with Crippen molar-refractivity contribution in [1.82, 2.24) is 0 Å². The van der Waals surface area contributed by atoms with Crippen molar-refractivity contribution < 1.29 is 19.4 Å². The Morgan fingerprint density at radius 1 is 0.674 bits per heavy atom. The molecule has 0 bridgehead atoms. The van der Waals surface area contributed by atoms with E-state index in [1.165, 1.54) is 37.7 Å². The van der Waals surface area contributed by atoms with E-state index in [1.807, 2.05) is 66.7 Å². The lowest BCUT2D eigenvalue weighted by Crippen LogP contribution is -2.13. The Labute approximate surface area is 255 Å². The molecule has 3 N–H and O–H groups in total. The van der Waals surface area contributed by atoms with Crippen LogP contribution in [0.5, 0.6) is 5.75 Å². The van der Waals surface area contributed by atoms with Crippen molar-refractivity contribution in [2.75, 3.05) is 17.7 Å². The molecule has 2 amide bonds. The molecule has 0 atom stereocenters. The summed E-state index contributed by atoms with van der Waals surface area (Å²) in [6.45, 7) is 4.05. The number of unbranched alkanes of at least 4 members (excludes halogenated alkanes) is 4. The number of aliphatic hydroxyl groups excluding tert-OH is 1. The van der Waals surface area contributed by atoms with Gasteiger partial charge in [-0.2, -0.15) is 0 Å². The molecule has 0 unspecified atom stereocenters. The number of ether oxygens (including phenoxy) is 1. The highest BCUT2D eigenvalue weighted by Gasteiger charge is 2.14. The average molecular weight is 579 g/mol. The van der Waals surface area contributed by atoms with Gasteiger partial charge in [0.2, 0.25) is 0 Å². The van der Waals surface area contributed by atoms with Crippen molar-refractivity contribution in [1.29, 1.82) is 0 Å². The Morgan fingerprint density at radius 2 is 1.23 bits per heavy atom. The summed E-state index contributed by atoms with van der Waals surface area (Å²) in [5.41, 5.74) is 6.96. The molecule has 4 rings (SSSR count). The summed E-state index contributed by atoms with van der Waals surface area (Å²) in [6, 6.07) is 26.4. The number of methoxy groups -OCH3 is 1. The van der Waals surface area contributed by atoms with E-state index in [2.05, 4.69) is 24.5 Å². The Hall–Kier alpha value is -4.42. The Kier molecular flexibility index (Phi) is 11.5. The number of aryl methyl sites for hydroxylation is 2. The average Bonchev–Trinajstić information content (AvgIpc) is 3.05. The van der Waals surface area contributed by atoms with Crippen molar-refractivity contribution in [3.05, 3.63) is 113 Å². The number of benzene rings is 4. The number of anilines is 2. The van der Waals surface area contributed by atoms with Crippen LogP contribution in [-0.4, -0.2) is 24.0 Å². The van der Waals surface area contributed by atoms with E-state index >= 15 is 0 Å². The summed E-state index contributed by atoms with van der Waals surface area (Å²) in [5, 5.41) is 15.9. The maximum absolute atomic E-state index is 13.0. The first kappa shape index (κ1) is 31.5. The number of carbonyl (C=O) groups excluding carboxylic acids is 2. The highest BCUT2D eigenvalue weighted by atomic mass is 16.5. The van der Waals surface area contributed by atoms with Crippen molar-refractivity contribution in [2.45, 2.75) is 65.4 Å². The quantitative estimate of drug-likeness (QED) is 0.131. The fraction of sp³-hybridized carbons (Fsp3) is 0.297. The van der Waals surface area contributed by atoms with Crippen LogP contribution in [0.15, 0.2) is 84.9 Å². The largest absolute Gasteiger partial charge is 0.495 e. The lowest BCUT2D eigenvalue weighted by atomic mass is 10.0. The third kappa shape index (κ3) is 8.55. The molecule has 0 spiro atoms. The number of rotatable bonds is 14. The van der Waals surface area contributed by atoms with Crippen LogP contribution in [-0.2, 0) is 19.4 Å². The molecule has 0 saturated carbocycles. The fourth-order valence-corrected chi connectivity index (χ4v) is 5.04. The monoisotopic (exact) mass is 578 g/mol. The maximum atomic E-state index is 13.0. The van der Waals surface area contributed by atoms with Gasteiger partial charge in [-0.15, -0.1) is 0 Å². The van der Waals surface area contributed by atoms with E-state index in [1.54, 1.807) is 25.3 Å². The Balaban J connectivity index is 1.43. The second-order valence-corrected chi connectivity index (χ2v) is 10.8. The van der Waals surface area contributed by atoms with Crippen molar-refractivity contribution in [2.24, 2.45) is 0 Å². The van der Waals surface area contributed by atoms with E-state index in [0.717, 1.165) is 29.5 Å². The van der Waals surface area contributed by atoms with Gasteiger partial charge in [0.25, 0.3) is 11.8 Å². The van der Waals surface area contributed by atoms with Gasteiger partial charge in [-0.25, -0.2) is 0 Å². The Bertz CT molecular complexity index is 1510. The minimum atomic E-state index is -0.235. The minimum Gasteiger partial charge on any atom is -0.495 e. The number of aliphatic hydroxyl groups is 1. The Morgan fingerprint density at radius 3 is 1.81 bits per heavy atom. The summed E-state index contributed by atoms with van der Waals surface area (Å²) in [7, 11) is 1.56. The molecule has 0 fully saturated rings. The molecular weight excluding hydrogens is 536 g/mol. The van der Waals surface area contributed by atoms with Gasteiger partial charge in [-0.1, -0.05) is 75.9 Å². The standard InChI is InChI=1S/C37H42N2O4/c1-4-6-7-8-9-10-27-13-17-29(18-14-27)37(42)39-34-22-20-31(24-35(34)43-3)30-19-21-33(32(23-30)25-40)38-36(41)28-15-11-26(5-2)12-16-28/h11-24,40H,4-10,25H2,1-3H3,(H,38,41)(H,39,42). The van der Waals surface area contributed by atoms with Crippen LogP contribution in [0.25, 0.3) is 11.1 Å².